The molecule has 0 fully saturated rings. The molecular formula is C24H19F3O3S2. The Morgan fingerprint density at radius 1 is 0.875 bits per heavy atom. The Labute approximate surface area is 193 Å². The molecule has 2 rings (SSSR count). The lowest BCUT2D eigenvalue weighted by Gasteiger charge is -2.21. The third-order valence-electron chi connectivity index (χ3n) is 4.18. The van der Waals surface area contributed by atoms with Crippen molar-refractivity contribution < 1.29 is 27.5 Å². The molecule has 0 aliphatic carbocycles. The van der Waals surface area contributed by atoms with Crippen LogP contribution in [0, 0.1) is 22.3 Å². The Bertz CT molecular complexity index is 1100. The number of thioether (sulfide) groups is 2. The molecule has 3 nitrogen and oxygen atoms in total. The van der Waals surface area contributed by atoms with Crippen LogP contribution in [0.1, 0.15) is 42.4 Å². The normalized spacial score (nSPS) is 12.4. The molecule has 0 aromatic heterocycles. The van der Waals surface area contributed by atoms with Crippen molar-refractivity contribution in [2.75, 3.05) is 7.11 Å². The minimum Gasteiger partial charge on any atom is -0.497 e. The van der Waals surface area contributed by atoms with Crippen LogP contribution < -0.4 is 4.74 Å². The smallest absolute Gasteiger partial charge is 0.416 e. The van der Waals surface area contributed by atoms with Gasteiger partial charge in [0.15, 0.2) is 10.2 Å². The Kier molecular flexibility index (Phi) is 9.31. The number of rotatable bonds is 4. The van der Waals surface area contributed by atoms with Crippen LogP contribution in [-0.4, -0.2) is 17.3 Å². The number of carbonyl (C=O) groups excluding carboxylic acids is 2. The summed E-state index contributed by atoms with van der Waals surface area (Å²) in [5, 5.41) is 4.96. The Morgan fingerprint density at radius 2 is 1.38 bits per heavy atom. The van der Waals surface area contributed by atoms with E-state index in [0.717, 1.165) is 35.7 Å². The molecule has 166 valence electrons. The molecule has 32 heavy (non-hydrogen) atoms. The first-order chi connectivity index (χ1) is 15.1. The van der Waals surface area contributed by atoms with Crippen molar-refractivity contribution in [3.63, 3.8) is 0 Å². The molecule has 2 unspecified atom stereocenters. The van der Waals surface area contributed by atoms with Crippen LogP contribution in [0.15, 0.2) is 48.5 Å². The molecular weight excluding hydrogens is 457 g/mol. The number of carbonyl (C=O) groups is 2. The van der Waals surface area contributed by atoms with Crippen LogP contribution >= 0.6 is 23.5 Å². The minimum absolute atomic E-state index is 0.212. The average molecular weight is 477 g/mol. The quantitative estimate of drug-likeness (QED) is 0.502. The Morgan fingerprint density at radius 3 is 1.84 bits per heavy atom. The lowest BCUT2D eigenvalue weighted by Crippen LogP contribution is -2.11. The van der Waals surface area contributed by atoms with E-state index in [0.29, 0.717) is 16.9 Å². The molecule has 0 aliphatic rings. The fourth-order valence-electron chi connectivity index (χ4n) is 2.79. The van der Waals surface area contributed by atoms with Gasteiger partial charge in [0.05, 0.1) is 24.5 Å². The van der Waals surface area contributed by atoms with E-state index >= 15 is 0 Å². The van der Waals surface area contributed by atoms with Crippen molar-refractivity contribution in [3.8, 4) is 28.1 Å². The molecule has 0 saturated heterocycles. The molecule has 0 aliphatic heterocycles. The second-order valence-electron chi connectivity index (χ2n) is 6.54. The first-order valence-corrected chi connectivity index (χ1v) is 10.9. The number of hydrogen-bond acceptors (Lipinski definition) is 5. The summed E-state index contributed by atoms with van der Waals surface area (Å²) in [6.45, 7) is 2.72. The van der Waals surface area contributed by atoms with E-state index in [1.54, 1.807) is 30.3 Å². The van der Waals surface area contributed by atoms with Crippen molar-refractivity contribution in [1.82, 2.24) is 0 Å². The second-order valence-corrected chi connectivity index (χ2v) is 8.50. The number of benzene rings is 2. The highest BCUT2D eigenvalue weighted by atomic mass is 32.2. The van der Waals surface area contributed by atoms with Crippen molar-refractivity contribution in [3.05, 3.63) is 65.2 Å². The zero-order valence-electron chi connectivity index (χ0n) is 17.4. The molecule has 0 radical (unpaired) electrons. The zero-order valence-corrected chi connectivity index (χ0v) is 19.1. The van der Waals surface area contributed by atoms with Crippen molar-refractivity contribution in [2.45, 2.75) is 31.9 Å². The van der Waals surface area contributed by atoms with Crippen LogP contribution in [0.4, 0.5) is 13.2 Å². The molecule has 0 bridgehead atoms. The number of ether oxygens (including phenoxy) is 1. The van der Waals surface area contributed by atoms with Gasteiger partial charge in [0.25, 0.3) is 0 Å². The molecule has 0 heterocycles. The summed E-state index contributed by atoms with van der Waals surface area (Å²) in [4.78, 5) is 22.7. The number of methoxy groups -OCH3 is 1. The molecule has 0 spiro atoms. The van der Waals surface area contributed by atoms with Gasteiger partial charge >= 0.3 is 6.18 Å². The summed E-state index contributed by atoms with van der Waals surface area (Å²) in [7, 11) is 1.50. The van der Waals surface area contributed by atoms with Crippen molar-refractivity contribution >= 4 is 33.8 Å². The van der Waals surface area contributed by atoms with Gasteiger partial charge in [-0.05, 0) is 63.4 Å². The van der Waals surface area contributed by atoms with Gasteiger partial charge in [-0.3, -0.25) is 9.59 Å². The van der Waals surface area contributed by atoms with Gasteiger partial charge in [-0.15, -0.1) is 0 Å². The lowest BCUT2D eigenvalue weighted by atomic mass is 9.82. The van der Waals surface area contributed by atoms with Gasteiger partial charge in [0, 0.05) is 13.8 Å². The predicted octanol–water partition coefficient (Wildman–Crippen LogP) is 6.06. The van der Waals surface area contributed by atoms with Crippen LogP contribution in [0.2, 0.25) is 0 Å². The van der Waals surface area contributed by atoms with Gasteiger partial charge < -0.3 is 4.74 Å². The maximum Gasteiger partial charge on any atom is 0.416 e. The van der Waals surface area contributed by atoms with Crippen molar-refractivity contribution in [1.29, 1.82) is 0 Å². The van der Waals surface area contributed by atoms with E-state index in [-0.39, 0.29) is 10.2 Å². The van der Waals surface area contributed by atoms with E-state index < -0.39 is 23.6 Å². The molecule has 2 aromatic carbocycles. The van der Waals surface area contributed by atoms with Gasteiger partial charge in [-0.1, -0.05) is 42.2 Å². The third-order valence-corrected chi connectivity index (χ3v) is 5.19. The topological polar surface area (TPSA) is 43.4 Å². The number of halogens is 3. The Hall–Kier alpha value is -2.81. The summed E-state index contributed by atoms with van der Waals surface area (Å²) < 4.78 is 45.3. The van der Waals surface area contributed by atoms with Gasteiger partial charge in [0.2, 0.25) is 0 Å². The summed E-state index contributed by atoms with van der Waals surface area (Å²) in [6.07, 6.45) is -4.52. The van der Waals surface area contributed by atoms with E-state index in [9.17, 15) is 22.8 Å². The molecule has 0 saturated carbocycles. The number of alkyl halides is 3. The van der Waals surface area contributed by atoms with Crippen LogP contribution in [-0.2, 0) is 15.8 Å². The van der Waals surface area contributed by atoms with Gasteiger partial charge in [-0.25, -0.2) is 0 Å². The zero-order chi connectivity index (χ0) is 23.7. The fraction of sp³-hybridized carbons (Fsp3) is 0.250. The Balaban J connectivity index is 2.67. The first-order valence-electron chi connectivity index (χ1n) is 9.28. The van der Waals surface area contributed by atoms with Crippen molar-refractivity contribution in [2.24, 2.45) is 0 Å². The minimum atomic E-state index is -4.52. The second kappa shape index (κ2) is 11.7. The maximum absolute atomic E-state index is 13.3. The fourth-order valence-corrected chi connectivity index (χ4v) is 3.45. The lowest BCUT2D eigenvalue weighted by molar-refractivity contribution is -0.137. The van der Waals surface area contributed by atoms with E-state index in [2.05, 4.69) is 22.3 Å². The highest BCUT2D eigenvalue weighted by molar-refractivity contribution is 8.17. The maximum atomic E-state index is 13.3. The van der Waals surface area contributed by atoms with E-state index in [4.69, 9.17) is 4.74 Å². The van der Waals surface area contributed by atoms with Crippen LogP contribution in [0.25, 0.3) is 0 Å². The summed E-state index contributed by atoms with van der Waals surface area (Å²) in [5.74, 6) is 4.95. The molecule has 2 aromatic rings. The van der Waals surface area contributed by atoms with Crippen LogP contribution in [0.5, 0.6) is 5.75 Å². The summed E-state index contributed by atoms with van der Waals surface area (Å²) in [5.41, 5.74) is 0.147. The monoisotopic (exact) mass is 476 g/mol. The molecule has 2 atom stereocenters. The number of hydrogen-bond donors (Lipinski definition) is 0. The van der Waals surface area contributed by atoms with Crippen LogP contribution in [0.3, 0.4) is 0 Å². The molecule has 0 amide bonds. The molecule has 0 N–H and O–H groups in total. The summed E-state index contributed by atoms with van der Waals surface area (Å²) >= 11 is 1.55. The van der Waals surface area contributed by atoms with Gasteiger partial charge in [0.1, 0.15) is 5.75 Å². The van der Waals surface area contributed by atoms with E-state index in [1.165, 1.54) is 27.0 Å². The first kappa shape index (κ1) is 25.5. The SMILES string of the molecule is COc1cccc(C(C#CSC(C)=O)C(C#CSC(C)=O)c2cccc(C(F)(F)F)c2)c1. The average Bonchev–Trinajstić information content (AvgIpc) is 2.74. The standard InChI is InChI=1S/C24H19F3O3S2/c1-16(28)31-12-10-22(18-6-4-8-20(14-18)24(25,26)27)23(11-13-32-17(2)29)19-7-5-9-21(15-19)30-3/h4-9,14-15,22-23H,1-3H3. The highest BCUT2D eigenvalue weighted by Gasteiger charge is 2.32. The predicted molar refractivity (Wildman–Crippen MR) is 122 cm³/mol. The largest absolute Gasteiger partial charge is 0.497 e. The molecule has 8 heteroatoms. The highest BCUT2D eigenvalue weighted by Crippen LogP contribution is 2.37. The van der Waals surface area contributed by atoms with E-state index in [1.807, 2.05) is 0 Å². The summed E-state index contributed by atoms with van der Waals surface area (Å²) in [6, 6.07) is 11.8. The third kappa shape index (κ3) is 7.71. The van der Waals surface area contributed by atoms with Gasteiger partial charge in [-0.2, -0.15) is 13.2 Å².